The molecule has 174 valence electrons. The fourth-order valence-corrected chi connectivity index (χ4v) is 2.90. The Kier molecular flexibility index (Phi) is 11.6. The van der Waals surface area contributed by atoms with E-state index in [1.165, 1.54) is 12.1 Å². The third-order valence-electron chi connectivity index (χ3n) is 4.38. The standard InChI is InChI=1S/C21H29F3N4O2.HI/c1-3-25-19(27-15-20(2,29)16-28-11-13-30-14-12-28)26-10-4-5-17-6-8-18(9-7-17)21(22,23)24;/h6-9,29H,3,10-16H2,1-2H3,(H2,25,26,27);1H. The lowest BCUT2D eigenvalue weighted by Gasteiger charge is -2.33. The van der Waals surface area contributed by atoms with Crippen LogP contribution in [0.4, 0.5) is 13.2 Å². The van der Waals surface area contributed by atoms with Crippen LogP contribution >= 0.6 is 24.0 Å². The Morgan fingerprint density at radius 3 is 2.42 bits per heavy atom. The Morgan fingerprint density at radius 2 is 1.84 bits per heavy atom. The molecule has 10 heteroatoms. The summed E-state index contributed by atoms with van der Waals surface area (Å²) in [7, 11) is 0. The van der Waals surface area contributed by atoms with Crippen LogP contribution in [0.5, 0.6) is 0 Å². The van der Waals surface area contributed by atoms with E-state index in [4.69, 9.17) is 4.74 Å². The molecule has 1 aliphatic heterocycles. The van der Waals surface area contributed by atoms with Crippen molar-refractivity contribution in [1.29, 1.82) is 0 Å². The number of morpholine rings is 1. The average molecular weight is 554 g/mol. The predicted octanol–water partition coefficient (Wildman–Crippen LogP) is 2.31. The lowest BCUT2D eigenvalue weighted by molar-refractivity contribution is -0.137. The highest BCUT2D eigenvalue weighted by atomic mass is 127. The Hall–Kier alpha value is -1.55. The molecule has 31 heavy (non-hydrogen) atoms. The number of rotatable bonds is 6. The van der Waals surface area contributed by atoms with Crippen molar-refractivity contribution in [3.05, 3.63) is 35.4 Å². The lowest BCUT2D eigenvalue weighted by atomic mass is 10.1. The van der Waals surface area contributed by atoms with Crippen molar-refractivity contribution in [2.75, 3.05) is 52.5 Å². The van der Waals surface area contributed by atoms with Gasteiger partial charge >= 0.3 is 6.18 Å². The van der Waals surface area contributed by atoms with E-state index >= 15 is 0 Å². The van der Waals surface area contributed by atoms with Crippen LogP contribution in [0.3, 0.4) is 0 Å². The van der Waals surface area contributed by atoms with Gasteiger partial charge in [-0.3, -0.25) is 9.89 Å². The number of aliphatic imine (C=N–C) groups is 1. The second-order valence-electron chi connectivity index (χ2n) is 7.31. The molecule has 3 N–H and O–H groups in total. The molecule has 0 spiro atoms. The molecule has 2 rings (SSSR count). The normalized spacial score (nSPS) is 17.0. The summed E-state index contributed by atoms with van der Waals surface area (Å²) in [5.41, 5.74) is -1.18. The first-order chi connectivity index (χ1) is 14.2. The van der Waals surface area contributed by atoms with Gasteiger partial charge in [0, 0.05) is 31.7 Å². The van der Waals surface area contributed by atoms with Gasteiger partial charge in [-0.15, -0.1) is 24.0 Å². The maximum Gasteiger partial charge on any atom is 0.416 e. The lowest BCUT2D eigenvalue weighted by Crippen LogP contribution is -2.48. The number of hydrogen-bond acceptors (Lipinski definition) is 4. The predicted molar refractivity (Wildman–Crippen MR) is 126 cm³/mol. The van der Waals surface area contributed by atoms with Gasteiger partial charge in [0.15, 0.2) is 5.96 Å². The molecule has 0 aliphatic carbocycles. The summed E-state index contributed by atoms with van der Waals surface area (Å²) in [6.07, 6.45) is -4.35. The van der Waals surface area contributed by atoms with Crippen LogP contribution < -0.4 is 10.6 Å². The number of halogens is 4. The van der Waals surface area contributed by atoms with E-state index in [0.717, 1.165) is 25.2 Å². The molecule has 1 unspecified atom stereocenters. The van der Waals surface area contributed by atoms with Crippen molar-refractivity contribution < 1.29 is 23.0 Å². The summed E-state index contributed by atoms with van der Waals surface area (Å²) < 4.78 is 43.1. The largest absolute Gasteiger partial charge is 0.416 e. The third-order valence-corrected chi connectivity index (χ3v) is 4.38. The highest BCUT2D eigenvalue weighted by Gasteiger charge is 2.29. The van der Waals surface area contributed by atoms with Crippen LogP contribution in [-0.4, -0.2) is 74.0 Å². The fourth-order valence-electron chi connectivity index (χ4n) is 2.90. The smallest absolute Gasteiger partial charge is 0.387 e. The summed E-state index contributed by atoms with van der Waals surface area (Å²) in [4.78, 5) is 6.58. The molecule has 0 radical (unpaired) electrons. The molecular formula is C21H30F3IN4O2. The van der Waals surface area contributed by atoms with Crippen molar-refractivity contribution in [2.45, 2.75) is 25.6 Å². The van der Waals surface area contributed by atoms with E-state index in [1.54, 1.807) is 6.92 Å². The van der Waals surface area contributed by atoms with Crippen molar-refractivity contribution in [1.82, 2.24) is 15.5 Å². The van der Waals surface area contributed by atoms with Gasteiger partial charge in [0.2, 0.25) is 0 Å². The molecule has 1 heterocycles. The first-order valence-electron chi connectivity index (χ1n) is 9.90. The van der Waals surface area contributed by atoms with Gasteiger partial charge in [0.1, 0.15) is 0 Å². The number of hydrogen-bond donors (Lipinski definition) is 3. The van der Waals surface area contributed by atoms with Gasteiger partial charge in [-0.2, -0.15) is 13.2 Å². The maximum atomic E-state index is 12.6. The number of nitrogens with zero attached hydrogens (tertiary/aromatic N) is 2. The Balaban J connectivity index is 0.00000480. The number of nitrogens with one attached hydrogen (secondary N) is 2. The molecule has 1 saturated heterocycles. The molecule has 0 amide bonds. The number of β-amino-alcohol motifs (C(OH)–C–C–N with tert-alkyl or cyclic N) is 1. The van der Waals surface area contributed by atoms with Gasteiger partial charge < -0.3 is 20.5 Å². The quantitative estimate of drug-likeness (QED) is 0.218. The molecule has 6 nitrogen and oxygen atoms in total. The fraction of sp³-hybridized carbons (Fsp3) is 0.571. The molecule has 1 fully saturated rings. The molecule has 1 atom stereocenters. The first kappa shape index (κ1) is 27.5. The number of ether oxygens (including phenoxy) is 1. The van der Waals surface area contributed by atoms with Crippen LogP contribution in [0.15, 0.2) is 29.3 Å². The second-order valence-corrected chi connectivity index (χ2v) is 7.31. The van der Waals surface area contributed by atoms with Gasteiger partial charge in [-0.05, 0) is 38.1 Å². The summed E-state index contributed by atoms with van der Waals surface area (Å²) in [5.74, 6) is 6.20. The van der Waals surface area contributed by atoms with Gasteiger partial charge in [0.25, 0.3) is 0 Å². The van der Waals surface area contributed by atoms with Crippen molar-refractivity contribution in [3.63, 3.8) is 0 Å². The zero-order valence-corrected chi connectivity index (χ0v) is 20.1. The monoisotopic (exact) mass is 554 g/mol. The highest BCUT2D eigenvalue weighted by molar-refractivity contribution is 14.0. The average Bonchev–Trinajstić information content (AvgIpc) is 2.69. The van der Waals surface area contributed by atoms with Crippen molar-refractivity contribution >= 4 is 29.9 Å². The summed E-state index contributed by atoms with van der Waals surface area (Å²) in [6, 6.07) is 4.72. The summed E-state index contributed by atoms with van der Waals surface area (Å²) in [6.45, 7) is 8.22. The van der Waals surface area contributed by atoms with Crippen LogP contribution in [0.25, 0.3) is 0 Å². The minimum absolute atomic E-state index is 0. The van der Waals surface area contributed by atoms with Gasteiger partial charge in [0.05, 0.1) is 37.5 Å². The molecule has 1 aliphatic rings. The topological polar surface area (TPSA) is 69.1 Å². The highest BCUT2D eigenvalue weighted by Crippen LogP contribution is 2.28. The third kappa shape index (κ3) is 10.5. The van der Waals surface area contributed by atoms with Crippen molar-refractivity contribution in [2.24, 2.45) is 4.99 Å². The zero-order valence-electron chi connectivity index (χ0n) is 17.8. The van der Waals surface area contributed by atoms with Crippen LogP contribution in [0.1, 0.15) is 25.0 Å². The summed E-state index contributed by atoms with van der Waals surface area (Å²) in [5, 5.41) is 16.8. The van der Waals surface area contributed by atoms with E-state index in [0.29, 0.717) is 37.8 Å². The number of aliphatic hydroxyl groups is 1. The zero-order chi connectivity index (χ0) is 22.0. The van der Waals surface area contributed by atoms with Gasteiger partial charge in [-0.1, -0.05) is 11.8 Å². The number of alkyl halides is 3. The second kappa shape index (κ2) is 13.1. The van der Waals surface area contributed by atoms with Crippen LogP contribution in [0, 0.1) is 11.8 Å². The van der Waals surface area contributed by atoms with Crippen LogP contribution in [-0.2, 0) is 10.9 Å². The number of guanidine groups is 1. The molecule has 0 bridgehead atoms. The molecule has 1 aromatic rings. The van der Waals surface area contributed by atoms with Crippen LogP contribution in [0.2, 0.25) is 0 Å². The van der Waals surface area contributed by atoms with E-state index in [2.05, 4.69) is 32.4 Å². The maximum absolute atomic E-state index is 12.6. The van der Waals surface area contributed by atoms with Crippen molar-refractivity contribution in [3.8, 4) is 11.8 Å². The molecular weight excluding hydrogens is 524 g/mol. The van der Waals surface area contributed by atoms with E-state index in [1.807, 2.05) is 6.92 Å². The number of benzene rings is 1. The molecule has 1 aromatic carbocycles. The van der Waals surface area contributed by atoms with E-state index in [-0.39, 0.29) is 37.1 Å². The molecule has 0 saturated carbocycles. The SMILES string of the molecule is CCNC(=NCC(C)(O)CN1CCOCC1)NCC#Cc1ccc(C(F)(F)F)cc1.I. The van der Waals surface area contributed by atoms with Gasteiger partial charge in [-0.25, -0.2) is 0 Å². The minimum Gasteiger partial charge on any atom is -0.387 e. The Bertz CT molecular complexity index is 753. The minimum atomic E-state index is -4.35. The molecule has 0 aromatic heterocycles. The Labute approximate surface area is 198 Å². The van der Waals surface area contributed by atoms with E-state index in [9.17, 15) is 18.3 Å². The summed E-state index contributed by atoms with van der Waals surface area (Å²) >= 11 is 0. The first-order valence-corrected chi connectivity index (χ1v) is 9.90. The van der Waals surface area contributed by atoms with E-state index < -0.39 is 17.3 Å². The Morgan fingerprint density at radius 1 is 1.19 bits per heavy atom.